The van der Waals surface area contributed by atoms with E-state index in [1.165, 1.54) is 17.4 Å². The number of benzene rings is 2. The number of aromatic nitrogens is 1. The molecule has 0 saturated heterocycles. The average Bonchev–Trinajstić information content (AvgIpc) is 3.48. The molecule has 0 aliphatic heterocycles. The fraction of sp³-hybridized carbons (Fsp3) is 0.360. The van der Waals surface area contributed by atoms with Crippen molar-refractivity contribution in [1.82, 2.24) is 15.2 Å². The molecule has 1 atom stereocenters. The van der Waals surface area contributed by atoms with E-state index in [9.17, 15) is 4.79 Å². The topological polar surface area (TPSA) is 67.6 Å². The van der Waals surface area contributed by atoms with E-state index in [2.05, 4.69) is 46.4 Å². The van der Waals surface area contributed by atoms with Gasteiger partial charge >= 0.3 is 0 Å². The van der Waals surface area contributed by atoms with Crippen LogP contribution >= 0.6 is 0 Å². The fourth-order valence-electron chi connectivity index (χ4n) is 3.51. The average molecular weight is 420 g/mol. The number of nitrogens with one attached hydrogen (secondary N) is 1. The quantitative estimate of drug-likeness (QED) is 0.515. The molecule has 0 spiro atoms. The minimum atomic E-state index is -0.160. The van der Waals surface area contributed by atoms with E-state index in [-0.39, 0.29) is 11.9 Å². The van der Waals surface area contributed by atoms with Crippen LogP contribution in [0.5, 0.6) is 5.75 Å². The molecule has 1 aliphatic rings. The summed E-state index contributed by atoms with van der Waals surface area (Å²) in [5, 5.41) is 2.95. The number of rotatable bonds is 10. The summed E-state index contributed by atoms with van der Waals surface area (Å²) in [7, 11) is 0. The smallest absolute Gasteiger partial charge is 0.273 e. The van der Waals surface area contributed by atoms with Gasteiger partial charge in [-0.2, -0.15) is 0 Å². The van der Waals surface area contributed by atoms with Gasteiger partial charge in [0.05, 0.1) is 13.2 Å². The van der Waals surface area contributed by atoms with Crippen LogP contribution < -0.4 is 10.1 Å². The lowest BCUT2D eigenvalue weighted by Gasteiger charge is -2.28. The maximum Gasteiger partial charge on any atom is 0.273 e. The summed E-state index contributed by atoms with van der Waals surface area (Å²) in [6.45, 7) is 6.02. The second-order valence-electron chi connectivity index (χ2n) is 7.94. The van der Waals surface area contributed by atoms with Crippen LogP contribution in [0.2, 0.25) is 0 Å². The lowest BCUT2D eigenvalue weighted by molar-refractivity contribution is 0.0946. The Morgan fingerprint density at radius 3 is 2.58 bits per heavy atom. The van der Waals surface area contributed by atoms with Crippen LogP contribution in [-0.4, -0.2) is 28.4 Å². The number of carbonyl (C=O) groups excluding carboxylic acids is 1. The summed E-state index contributed by atoms with van der Waals surface area (Å²) in [6, 6.07) is 19.0. The van der Waals surface area contributed by atoms with E-state index < -0.39 is 0 Å². The zero-order chi connectivity index (χ0) is 21.6. The van der Waals surface area contributed by atoms with Crippen molar-refractivity contribution in [3.8, 4) is 5.75 Å². The van der Waals surface area contributed by atoms with Gasteiger partial charge in [-0.05, 0) is 49.9 Å². The molecule has 1 aromatic heterocycles. The van der Waals surface area contributed by atoms with Crippen molar-refractivity contribution in [3.05, 3.63) is 83.6 Å². The highest BCUT2D eigenvalue weighted by Crippen LogP contribution is 2.25. The molecule has 6 nitrogen and oxygen atoms in total. The summed E-state index contributed by atoms with van der Waals surface area (Å²) >= 11 is 0. The van der Waals surface area contributed by atoms with Gasteiger partial charge in [-0.15, -0.1) is 0 Å². The van der Waals surface area contributed by atoms with Gasteiger partial charge in [0.1, 0.15) is 12.0 Å². The van der Waals surface area contributed by atoms with Crippen molar-refractivity contribution in [2.75, 3.05) is 6.61 Å². The Balaban J connectivity index is 1.50. The maximum absolute atomic E-state index is 12.3. The second kappa shape index (κ2) is 9.79. The predicted octanol–water partition coefficient (Wildman–Crippen LogP) is 4.73. The van der Waals surface area contributed by atoms with Crippen molar-refractivity contribution in [2.45, 2.75) is 51.9 Å². The van der Waals surface area contributed by atoms with Crippen LogP contribution in [0, 0.1) is 0 Å². The van der Waals surface area contributed by atoms with Crippen molar-refractivity contribution in [3.63, 3.8) is 0 Å². The van der Waals surface area contributed by atoms with E-state index in [4.69, 9.17) is 9.15 Å². The molecule has 0 bridgehead atoms. The first-order chi connectivity index (χ1) is 15.1. The Morgan fingerprint density at radius 1 is 1.16 bits per heavy atom. The fourth-order valence-corrected chi connectivity index (χ4v) is 3.51. The Labute approximate surface area is 183 Å². The van der Waals surface area contributed by atoms with E-state index in [1.54, 1.807) is 0 Å². The molecular weight excluding hydrogens is 390 g/mol. The first kappa shape index (κ1) is 21.1. The third-order valence-electron chi connectivity index (χ3n) is 5.49. The summed E-state index contributed by atoms with van der Waals surface area (Å²) in [5.74, 6) is 1.24. The molecule has 0 radical (unpaired) electrons. The molecule has 31 heavy (non-hydrogen) atoms. The van der Waals surface area contributed by atoms with Crippen LogP contribution in [0.4, 0.5) is 0 Å². The van der Waals surface area contributed by atoms with E-state index >= 15 is 0 Å². The highest BCUT2D eigenvalue weighted by atomic mass is 16.5. The molecule has 3 aromatic rings. The predicted molar refractivity (Wildman–Crippen MR) is 119 cm³/mol. The van der Waals surface area contributed by atoms with Gasteiger partial charge in [0.15, 0.2) is 5.69 Å². The Kier molecular flexibility index (Phi) is 6.67. The van der Waals surface area contributed by atoms with Gasteiger partial charge in [0.2, 0.25) is 5.89 Å². The number of hydrogen-bond donors (Lipinski definition) is 1. The Bertz CT molecular complexity index is 981. The van der Waals surface area contributed by atoms with Crippen LogP contribution in [0.25, 0.3) is 0 Å². The first-order valence-electron chi connectivity index (χ1n) is 10.9. The molecule has 1 aliphatic carbocycles. The molecule has 1 saturated carbocycles. The molecule has 2 aromatic carbocycles. The summed E-state index contributed by atoms with van der Waals surface area (Å²) in [5.41, 5.74) is 2.73. The van der Waals surface area contributed by atoms with E-state index in [0.29, 0.717) is 37.3 Å². The lowest BCUT2D eigenvalue weighted by atomic mass is 10.1. The highest BCUT2D eigenvalue weighted by Gasteiger charge is 2.26. The minimum Gasteiger partial charge on any atom is -0.494 e. The summed E-state index contributed by atoms with van der Waals surface area (Å²) in [6.07, 6.45) is 3.54. The number of amides is 1. The lowest BCUT2D eigenvalue weighted by Crippen LogP contribution is -2.27. The van der Waals surface area contributed by atoms with Gasteiger partial charge in [-0.3, -0.25) is 9.69 Å². The molecule has 4 rings (SSSR count). The second-order valence-corrected chi connectivity index (χ2v) is 7.94. The molecule has 1 fully saturated rings. The third-order valence-corrected chi connectivity index (χ3v) is 5.49. The molecule has 1 N–H and O–H groups in total. The van der Waals surface area contributed by atoms with Crippen LogP contribution in [0.1, 0.15) is 60.2 Å². The number of ether oxygens (including phenoxy) is 1. The van der Waals surface area contributed by atoms with Crippen LogP contribution in [0.15, 0.2) is 65.3 Å². The van der Waals surface area contributed by atoms with Crippen molar-refractivity contribution in [2.24, 2.45) is 0 Å². The maximum atomic E-state index is 12.3. The zero-order valence-corrected chi connectivity index (χ0v) is 18.1. The van der Waals surface area contributed by atoms with Gasteiger partial charge in [0.25, 0.3) is 5.91 Å². The molecule has 1 amide bonds. The molecule has 162 valence electrons. The van der Waals surface area contributed by atoms with E-state index in [0.717, 1.165) is 18.6 Å². The van der Waals surface area contributed by atoms with E-state index in [1.807, 2.05) is 37.3 Å². The van der Waals surface area contributed by atoms with Crippen molar-refractivity contribution < 1.29 is 13.9 Å². The third kappa shape index (κ3) is 5.73. The van der Waals surface area contributed by atoms with Crippen LogP contribution in [0.3, 0.4) is 0 Å². The minimum absolute atomic E-state index is 0.142. The van der Waals surface area contributed by atoms with Gasteiger partial charge in [-0.25, -0.2) is 4.98 Å². The zero-order valence-electron chi connectivity index (χ0n) is 18.1. The van der Waals surface area contributed by atoms with Gasteiger partial charge in [-0.1, -0.05) is 42.5 Å². The Morgan fingerprint density at radius 2 is 1.90 bits per heavy atom. The molecule has 6 heteroatoms. The van der Waals surface area contributed by atoms with Crippen molar-refractivity contribution in [1.29, 1.82) is 0 Å². The standard InChI is InChI=1S/C25H29N3O3/c1-3-30-22-13-9-19(10-14-22)15-28(18(2)20-7-5-4-6-8-20)16-24-27-23(17-31-24)25(29)26-21-11-12-21/h4-10,13-14,17-18,21H,3,11-12,15-16H2,1-2H3,(H,26,29)/t18-/m0/s1. The van der Waals surface area contributed by atoms with Gasteiger partial charge < -0.3 is 14.5 Å². The number of oxazole rings is 1. The normalized spacial score (nSPS) is 14.4. The van der Waals surface area contributed by atoms with Crippen molar-refractivity contribution >= 4 is 5.91 Å². The SMILES string of the molecule is CCOc1ccc(CN(Cc2nc(C(=O)NC3CC3)co2)[C@@H](C)c2ccccc2)cc1. The largest absolute Gasteiger partial charge is 0.494 e. The summed E-state index contributed by atoms with van der Waals surface area (Å²) in [4.78, 5) is 19.0. The molecule has 1 heterocycles. The highest BCUT2D eigenvalue weighted by molar-refractivity contribution is 5.92. The first-order valence-corrected chi connectivity index (χ1v) is 10.9. The molecule has 0 unspecified atom stereocenters. The number of hydrogen-bond acceptors (Lipinski definition) is 5. The summed E-state index contributed by atoms with van der Waals surface area (Å²) < 4.78 is 11.2. The number of nitrogens with zero attached hydrogens (tertiary/aromatic N) is 2. The van der Waals surface area contributed by atoms with Crippen LogP contribution in [-0.2, 0) is 13.1 Å². The monoisotopic (exact) mass is 419 g/mol. The number of carbonyl (C=O) groups is 1. The van der Waals surface area contributed by atoms with Gasteiger partial charge in [0, 0.05) is 18.6 Å². The molecular formula is C25H29N3O3. The Hall–Kier alpha value is -3.12.